The number of benzene rings is 1. The van der Waals surface area contributed by atoms with Crippen molar-refractivity contribution in [1.29, 1.82) is 0 Å². The molecular formula is C28H33N7O5. The fraction of sp³-hybridized carbons (Fsp3) is 0.286. The number of rotatable bonds is 11. The van der Waals surface area contributed by atoms with Gasteiger partial charge in [0.2, 0.25) is 11.9 Å². The average molecular weight is 548 g/mol. The van der Waals surface area contributed by atoms with Gasteiger partial charge >= 0.3 is 11.9 Å². The number of aliphatic carboxylic acids is 2. The smallest absolute Gasteiger partial charge is 0.328 e. The van der Waals surface area contributed by atoms with Crippen molar-refractivity contribution in [3.8, 4) is 11.3 Å². The van der Waals surface area contributed by atoms with E-state index < -0.39 is 11.9 Å². The Morgan fingerprint density at radius 3 is 2.27 bits per heavy atom. The zero-order valence-corrected chi connectivity index (χ0v) is 22.5. The molecule has 0 aliphatic heterocycles. The summed E-state index contributed by atoms with van der Waals surface area (Å²) in [6.45, 7) is 6.85. The Morgan fingerprint density at radius 2 is 1.73 bits per heavy atom. The van der Waals surface area contributed by atoms with Gasteiger partial charge in [-0.25, -0.2) is 9.59 Å². The number of pyridine rings is 1. The maximum atomic E-state index is 9.57. The second-order valence-corrected chi connectivity index (χ2v) is 9.07. The number of carbonyl (C=O) groups is 2. The zero-order chi connectivity index (χ0) is 29.1. The molecule has 5 N–H and O–H groups in total. The first kappa shape index (κ1) is 29.7. The van der Waals surface area contributed by atoms with E-state index in [0.717, 1.165) is 34.5 Å². The highest BCUT2D eigenvalue weighted by Gasteiger charge is 2.16. The summed E-state index contributed by atoms with van der Waals surface area (Å²) in [5, 5.41) is 36.3. The van der Waals surface area contributed by atoms with Gasteiger partial charge < -0.3 is 26.0 Å². The summed E-state index contributed by atoms with van der Waals surface area (Å²) in [6, 6.07) is 14.1. The number of carboxylic acid groups (broad SMARTS) is 2. The predicted octanol–water partition coefficient (Wildman–Crippen LogP) is 3.82. The summed E-state index contributed by atoms with van der Waals surface area (Å²) in [6.07, 6.45) is 5.53. The molecule has 210 valence electrons. The van der Waals surface area contributed by atoms with Gasteiger partial charge in [-0.05, 0) is 30.0 Å². The first-order chi connectivity index (χ1) is 19.2. The number of hydrogen-bond acceptors (Lipinski definition) is 9. The van der Waals surface area contributed by atoms with Crippen LogP contribution < -0.4 is 10.6 Å². The van der Waals surface area contributed by atoms with E-state index in [1.807, 2.05) is 31.3 Å². The lowest BCUT2D eigenvalue weighted by atomic mass is 10.1. The fourth-order valence-electron chi connectivity index (χ4n) is 3.59. The minimum absolute atomic E-state index is 0.0206. The van der Waals surface area contributed by atoms with Crippen LogP contribution in [-0.4, -0.2) is 64.5 Å². The van der Waals surface area contributed by atoms with Crippen LogP contribution in [0.2, 0.25) is 0 Å². The number of hydrogen-bond donors (Lipinski definition) is 5. The summed E-state index contributed by atoms with van der Waals surface area (Å²) in [5.41, 5.74) is 4.96. The lowest BCUT2D eigenvalue weighted by Gasteiger charge is -2.16. The predicted molar refractivity (Wildman–Crippen MR) is 151 cm³/mol. The van der Waals surface area contributed by atoms with Crippen molar-refractivity contribution in [3.63, 3.8) is 0 Å². The van der Waals surface area contributed by atoms with Crippen molar-refractivity contribution < 1.29 is 24.9 Å². The number of carboxylic acids is 2. The van der Waals surface area contributed by atoms with Crippen molar-refractivity contribution in [2.75, 3.05) is 17.2 Å². The van der Waals surface area contributed by atoms with E-state index in [0.29, 0.717) is 30.6 Å². The third-order valence-corrected chi connectivity index (χ3v) is 5.80. The lowest BCUT2D eigenvalue weighted by molar-refractivity contribution is -0.134. The normalized spacial score (nSPS) is 11.7. The van der Waals surface area contributed by atoms with Crippen molar-refractivity contribution in [2.45, 2.75) is 45.7 Å². The van der Waals surface area contributed by atoms with Gasteiger partial charge in [-0.15, -0.1) is 0 Å². The summed E-state index contributed by atoms with van der Waals surface area (Å²) < 4.78 is 1.74. The van der Waals surface area contributed by atoms with Gasteiger partial charge in [-0.3, -0.25) is 4.98 Å². The van der Waals surface area contributed by atoms with Crippen LogP contribution in [0.1, 0.15) is 44.2 Å². The topological polar surface area (TPSA) is 175 Å². The van der Waals surface area contributed by atoms with Gasteiger partial charge in [0, 0.05) is 36.0 Å². The minimum Gasteiger partial charge on any atom is -0.478 e. The molecule has 4 rings (SSSR count). The lowest BCUT2D eigenvalue weighted by Crippen LogP contribution is -2.24. The number of anilines is 2. The number of aliphatic hydroxyl groups is 1. The molecule has 1 aromatic carbocycles. The summed E-state index contributed by atoms with van der Waals surface area (Å²) in [5.74, 6) is -1.15. The van der Waals surface area contributed by atoms with Crippen molar-refractivity contribution in [1.82, 2.24) is 24.6 Å². The summed E-state index contributed by atoms with van der Waals surface area (Å²) >= 11 is 0. The Kier molecular flexibility index (Phi) is 10.7. The van der Waals surface area contributed by atoms with E-state index in [2.05, 4.69) is 68.8 Å². The SMILES string of the molecule is CC[C@@H](CO)Nc1nc(NCc2ccc(-c3ccccn3)cc2)n2ncc(C(C)C)c2n1.O=C(O)C=CC(=O)O. The molecule has 3 aromatic heterocycles. The van der Waals surface area contributed by atoms with Crippen molar-refractivity contribution in [2.24, 2.45) is 0 Å². The first-order valence-corrected chi connectivity index (χ1v) is 12.7. The Balaban J connectivity index is 0.000000482. The van der Waals surface area contributed by atoms with Crippen LogP contribution in [0.25, 0.3) is 16.9 Å². The van der Waals surface area contributed by atoms with E-state index in [9.17, 15) is 14.7 Å². The molecule has 0 fully saturated rings. The Hall–Kier alpha value is -4.84. The first-order valence-electron chi connectivity index (χ1n) is 12.7. The van der Waals surface area contributed by atoms with Crippen LogP contribution in [0.3, 0.4) is 0 Å². The number of nitrogens with one attached hydrogen (secondary N) is 2. The quantitative estimate of drug-likeness (QED) is 0.173. The van der Waals surface area contributed by atoms with Crippen LogP contribution in [0, 0.1) is 0 Å². The molecule has 0 spiro atoms. The van der Waals surface area contributed by atoms with Crippen LogP contribution in [0.15, 0.2) is 67.0 Å². The van der Waals surface area contributed by atoms with Crippen LogP contribution >= 0.6 is 0 Å². The second kappa shape index (κ2) is 14.4. The number of aliphatic hydroxyl groups excluding tert-OH is 1. The molecular weight excluding hydrogens is 514 g/mol. The molecule has 12 heteroatoms. The Bertz CT molecular complexity index is 1420. The zero-order valence-electron chi connectivity index (χ0n) is 22.5. The molecule has 0 aliphatic carbocycles. The molecule has 0 unspecified atom stereocenters. The van der Waals surface area contributed by atoms with E-state index in [-0.39, 0.29) is 18.6 Å². The van der Waals surface area contributed by atoms with Gasteiger partial charge in [-0.1, -0.05) is 51.1 Å². The van der Waals surface area contributed by atoms with E-state index >= 15 is 0 Å². The number of fused-ring (bicyclic) bond motifs is 1. The fourth-order valence-corrected chi connectivity index (χ4v) is 3.59. The highest BCUT2D eigenvalue weighted by atomic mass is 16.4. The third-order valence-electron chi connectivity index (χ3n) is 5.80. The molecule has 0 saturated heterocycles. The van der Waals surface area contributed by atoms with Crippen LogP contribution in [0.5, 0.6) is 0 Å². The maximum absolute atomic E-state index is 9.57. The van der Waals surface area contributed by atoms with Gasteiger partial charge in [-0.2, -0.15) is 19.6 Å². The summed E-state index contributed by atoms with van der Waals surface area (Å²) in [4.78, 5) is 32.8. The molecule has 12 nitrogen and oxygen atoms in total. The van der Waals surface area contributed by atoms with Gasteiger partial charge in [0.25, 0.3) is 0 Å². The van der Waals surface area contributed by atoms with Crippen LogP contribution in [-0.2, 0) is 16.1 Å². The molecule has 40 heavy (non-hydrogen) atoms. The molecule has 0 amide bonds. The van der Waals surface area contributed by atoms with Crippen LogP contribution in [0.4, 0.5) is 11.9 Å². The highest BCUT2D eigenvalue weighted by Crippen LogP contribution is 2.23. The molecule has 1 atom stereocenters. The van der Waals surface area contributed by atoms with Crippen molar-refractivity contribution in [3.05, 3.63) is 78.1 Å². The standard InChI is InChI=1S/C24H29N7O.C4H4O4/c1-4-19(15-32)28-23-29-22-20(16(2)3)14-27-31(22)24(30-23)26-13-17-8-10-18(11-9-17)21-7-5-6-12-25-21;5-3(6)1-2-4(7)8/h5-12,14,16,19,32H,4,13,15H2,1-3H3,(H2,26,28,29,30);1-2H,(H,5,6)(H,7,8)/t19-;/m0./s1. The average Bonchev–Trinajstić information content (AvgIpc) is 3.39. The molecule has 0 bridgehead atoms. The molecule has 4 aromatic rings. The number of nitrogens with zero attached hydrogens (tertiary/aromatic N) is 5. The molecule has 0 aliphatic rings. The van der Waals surface area contributed by atoms with Gasteiger partial charge in [0.15, 0.2) is 5.65 Å². The Labute approximate surface area is 231 Å². The third kappa shape index (κ3) is 8.33. The Morgan fingerprint density at radius 1 is 1.02 bits per heavy atom. The van der Waals surface area contributed by atoms with Gasteiger partial charge in [0.05, 0.1) is 24.5 Å². The van der Waals surface area contributed by atoms with E-state index in [1.165, 1.54) is 0 Å². The van der Waals surface area contributed by atoms with E-state index in [4.69, 9.17) is 10.2 Å². The minimum atomic E-state index is -1.26. The monoisotopic (exact) mass is 547 g/mol. The second-order valence-electron chi connectivity index (χ2n) is 9.07. The van der Waals surface area contributed by atoms with Crippen molar-refractivity contribution >= 4 is 29.5 Å². The van der Waals surface area contributed by atoms with Gasteiger partial charge in [0.1, 0.15) is 0 Å². The molecule has 0 radical (unpaired) electrons. The number of aromatic nitrogens is 5. The van der Waals surface area contributed by atoms with E-state index in [1.54, 1.807) is 10.7 Å². The largest absolute Gasteiger partial charge is 0.478 e. The molecule has 0 saturated carbocycles. The summed E-state index contributed by atoms with van der Waals surface area (Å²) in [7, 11) is 0. The molecule has 3 heterocycles. The highest BCUT2D eigenvalue weighted by molar-refractivity contribution is 5.89. The maximum Gasteiger partial charge on any atom is 0.328 e.